The van der Waals surface area contributed by atoms with Gasteiger partial charge in [-0.05, 0) is 44.0 Å². The second-order valence-electron chi connectivity index (χ2n) is 5.54. The minimum atomic E-state index is -1.13. The molecule has 1 unspecified atom stereocenters. The van der Waals surface area contributed by atoms with Crippen molar-refractivity contribution in [1.29, 1.82) is 0 Å². The molecule has 1 fully saturated rings. The van der Waals surface area contributed by atoms with Crippen molar-refractivity contribution in [3.63, 3.8) is 0 Å². The van der Waals surface area contributed by atoms with E-state index in [1.165, 1.54) is 31.0 Å². The summed E-state index contributed by atoms with van der Waals surface area (Å²) in [4.78, 5) is 29.1. The predicted octanol–water partition coefficient (Wildman–Crippen LogP) is 1.24. The number of aromatic nitrogens is 1. The first-order valence-electron chi connectivity index (χ1n) is 7.27. The fraction of sp³-hybridized carbons (Fsp3) is 0.533. The number of carbonyl (C=O) groups is 2. The molecular formula is C15H21N3O3. The van der Waals surface area contributed by atoms with Crippen molar-refractivity contribution in [3.05, 3.63) is 29.6 Å². The van der Waals surface area contributed by atoms with Crippen molar-refractivity contribution in [2.24, 2.45) is 5.92 Å². The Balaban J connectivity index is 1.83. The smallest absolute Gasteiger partial charge is 0.354 e. The number of carboxylic acids is 1. The van der Waals surface area contributed by atoms with Crippen LogP contribution in [0.15, 0.2) is 18.2 Å². The Morgan fingerprint density at radius 2 is 2.00 bits per heavy atom. The number of aromatic carboxylic acids is 1. The van der Waals surface area contributed by atoms with Crippen LogP contribution in [0.1, 0.15) is 40.7 Å². The molecule has 2 heterocycles. The Labute approximate surface area is 124 Å². The standard InChI is InChI=1S/C15H21N3O3/c1-11(10-18-7-2-3-8-18)9-16-14(19)12-5-4-6-13(17-12)15(20)21/h4-6,11H,2-3,7-10H2,1H3,(H,16,19)(H,20,21). The Kier molecular flexibility index (Phi) is 5.27. The van der Waals surface area contributed by atoms with Crippen molar-refractivity contribution >= 4 is 11.9 Å². The zero-order valence-electron chi connectivity index (χ0n) is 12.2. The number of pyridine rings is 1. The maximum Gasteiger partial charge on any atom is 0.354 e. The molecule has 0 aromatic carbocycles. The molecule has 1 aliphatic rings. The van der Waals surface area contributed by atoms with Gasteiger partial charge in [0.15, 0.2) is 0 Å². The molecule has 0 bridgehead atoms. The lowest BCUT2D eigenvalue weighted by molar-refractivity contribution is 0.0690. The van der Waals surface area contributed by atoms with Gasteiger partial charge in [0.1, 0.15) is 11.4 Å². The first-order chi connectivity index (χ1) is 10.1. The van der Waals surface area contributed by atoms with E-state index in [0.717, 1.165) is 19.6 Å². The SMILES string of the molecule is CC(CNC(=O)c1cccc(C(=O)O)n1)CN1CCCC1. The molecule has 6 nitrogen and oxygen atoms in total. The predicted molar refractivity (Wildman–Crippen MR) is 78.4 cm³/mol. The van der Waals surface area contributed by atoms with E-state index in [-0.39, 0.29) is 17.3 Å². The van der Waals surface area contributed by atoms with E-state index >= 15 is 0 Å². The second kappa shape index (κ2) is 7.17. The number of amides is 1. The third-order valence-electron chi connectivity index (χ3n) is 3.58. The minimum Gasteiger partial charge on any atom is -0.477 e. The van der Waals surface area contributed by atoms with Gasteiger partial charge in [-0.25, -0.2) is 9.78 Å². The van der Waals surface area contributed by atoms with Crippen LogP contribution in [0.2, 0.25) is 0 Å². The van der Waals surface area contributed by atoms with Crippen LogP contribution >= 0.6 is 0 Å². The van der Waals surface area contributed by atoms with Gasteiger partial charge in [0, 0.05) is 13.1 Å². The number of nitrogens with zero attached hydrogens (tertiary/aromatic N) is 2. The van der Waals surface area contributed by atoms with E-state index < -0.39 is 5.97 Å². The van der Waals surface area contributed by atoms with Gasteiger partial charge in [-0.1, -0.05) is 13.0 Å². The van der Waals surface area contributed by atoms with E-state index in [0.29, 0.717) is 12.5 Å². The molecule has 0 spiro atoms. The highest BCUT2D eigenvalue weighted by molar-refractivity contribution is 5.94. The van der Waals surface area contributed by atoms with Crippen LogP contribution in [0.3, 0.4) is 0 Å². The quantitative estimate of drug-likeness (QED) is 0.824. The molecule has 0 radical (unpaired) electrons. The summed E-state index contributed by atoms with van der Waals surface area (Å²) in [5.74, 6) is -1.10. The number of hydrogen-bond donors (Lipinski definition) is 2. The third-order valence-corrected chi connectivity index (χ3v) is 3.58. The molecule has 21 heavy (non-hydrogen) atoms. The first-order valence-corrected chi connectivity index (χ1v) is 7.27. The number of carbonyl (C=O) groups excluding carboxylic acids is 1. The topological polar surface area (TPSA) is 82.5 Å². The van der Waals surface area contributed by atoms with Gasteiger partial charge in [0.05, 0.1) is 0 Å². The summed E-state index contributed by atoms with van der Waals surface area (Å²) in [5.41, 5.74) is 0.0241. The van der Waals surface area contributed by atoms with Crippen LogP contribution in [0.4, 0.5) is 0 Å². The summed E-state index contributed by atoms with van der Waals surface area (Å²) < 4.78 is 0. The maximum absolute atomic E-state index is 12.0. The number of carboxylic acid groups (broad SMARTS) is 1. The molecule has 1 aliphatic heterocycles. The molecule has 114 valence electrons. The Morgan fingerprint density at radius 1 is 1.33 bits per heavy atom. The molecule has 1 aromatic rings. The normalized spacial score (nSPS) is 16.6. The van der Waals surface area contributed by atoms with Gasteiger partial charge in [-0.15, -0.1) is 0 Å². The van der Waals surface area contributed by atoms with Crippen molar-refractivity contribution < 1.29 is 14.7 Å². The van der Waals surface area contributed by atoms with Gasteiger partial charge in [0.2, 0.25) is 0 Å². The van der Waals surface area contributed by atoms with Gasteiger partial charge in [-0.2, -0.15) is 0 Å². The minimum absolute atomic E-state index is 0.118. The summed E-state index contributed by atoms with van der Waals surface area (Å²) in [5, 5.41) is 11.7. The van der Waals surface area contributed by atoms with Gasteiger partial charge in [-0.3, -0.25) is 4.79 Å². The van der Waals surface area contributed by atoms with Crippen LogP contribution < -0.4 is 5.32 Å². The molecule has 1 atom stereocenters. The van der Waals surface area contributed by atoms with Crippen LogP contribution in [-0.2, 0) is 0 Å². The average Bonchev–Trinajstić information content (AvgIpc) is 2.97. The van der Waals surface area contributed by atoms with Crippen LogP contribution in [0, 0.1) is 5.92 Å². The highest BCUT2D eigenvalue weighted by Gasteiger charge is 2.16. The van der Waals surface area contributed by atoms with Gasteiger partial charge in [0.25, 0.3) is 5.91 Å². The highest BCUT2D eigenvalue weighted by Crippen LogP contribution is 2.09. The zero-order chi connectivity index (χ0) is 15.2. The zero-order valence-corrected chi connectivity index (χ0v) is 12.2. The summed E-state index contributed by atoms with van der Waals surface area (Å²) in [6.07, 6.45) is 2.51. The molecule has 0 aliphatic carbocycles. The fourth-order valence-corrected chi connectivity index (χ4v) is 2.51. The molecule has 2 rings (SSSR count). The molecule has 1 aromatic heterocycles. The monoisotopic (exact) mass is 291 g/mol. The first kappa shape index (κ1) is 15.4. The van der Waals surface area contributed by atoms with Crippen molar-refractivity contribution in [2.45, 2.75) is 19.8 Å². The summed E-state index contributed by atoms with van der Waals surface area (Å²) in [6.45, 7) is 5.91. The van der Waals surface area contributed by atoms with Crippen LogP contribution in [0.5, 0.6) is 0 Å². The maximum atomic E-state index is 12.0. The Hall–Kier alpha value is -1.95. The van der Waals surface area contributed by atoms with E-state index in [9.17, 15) is 9.59 Å². The van der Waals surface area contributed by atoms with Crippen molar-refractivity contribution in [3.8, 4) is 0 Å². The number of nitrogens with one attached hydrogen (secondary N) is 1. The molecular weight excluding hydrogens is 270 g/mol. The lowest BCUT2D eigenvalue weighted by Crippen LogP contribution is -2.34. The largest absolute Gasteiger partial charge is 0.477 e. The van der Waals surface area contributed by atoms with Gasteiger partial charge < -0.3 is 15.3 Å². The fourth-order valence-electron chi connectivity index (χ4n) is 2.51. The summed E-state index contributed by atoms with van der Waals surface area (Å²) in [6, 6.07) is 4.42. The highest BCUT2D eigenvalue weighted by atomic mass is 16.4. The summed E-state index contributed by atoms with van der Waals surface area (Å²) >= 11 is 0. The van der Waals surface area contributed by atoms with Crippen LogP contribution in [-0.4, -0.2) is 53.0 Å². The number of rotatable bonds is 6. The van der Waals surface area contributed by atoms with Gasteiger partial charge >= 0.3 is 5.97 Å². The van der Waals surface area contributed by atoms with E-state index in [2.05, 4.69) is 22.1 Å². The number of hydrogen-bond acceptors (Lipinski definition) is 4. The Morgan fingerprint density at radius 3 is 2.67 bits per heavy atom. The molecule has 6 heteroatoms. The van der Waals surface area contributed by atoms with E-state index in [1.807, 2.05) is 0 Å². The number of likely N-dealkylation sites (tertiary alicyclic amines) is 1. The average molecular weight is 291 g/mol. The molecule has 1 amide bonds. The lowest BCUT2D eigenvalue weighted by atomic mass is 10.1. The second-order valence-corrected chi connectivity index (χ2v) is 5.54. The molecule has 0 saturated carbocycles. The lowest BCUT2D eigenvalue weighted by Gasteiger charge is -2.20. The van der Waals surface area contributed by atoms with E-state index in [4.69, 9.17) is 5.11 Å². The third kappa shape index (κ3) is 4.53. The van der Waals surface area contributed by atoms with Crippen molar-refractivity contribution in [2.75, 3.05) is 26.2 Å². The Bertz CT molecular complexity index is 513. The van der Waals surface area contributed by atoms with E-state index in [1.54, 1.807) is 0 Å². The van der Waals surface area contributed by atoms with Crippen LogP contribution in [0.25, 0.3) is 0 Å². The molecule has 1 saturated heterocycles. The molecule has 2 N–H and O–H groups in total. The summed E-state index contributed by atoms with van der Waals surface area (Å²) in [7, 11) is 0. The van der Waals surface area contributed by atoms with Crippen molar-refractivity contribution in [1.82, 2.24) is 15.2 Å².